The molecule has 1 aromatic heterocycles. The molecule has 2 unspecified atom stereocenters. The second-order valence-electron chi connectivity index (χ2n) is 6.52. The second kappa shape index (κ2) is 7.23. The smallest absolute Gasteiger partial charge is 0.323 e. The van der Waals surface area contributed by atoms with E-state index in [2.05, 4.69) is 4.98 Å². The molecule has 152 valence electrons. The van der Waals surface area contributed by atoms with Crippen LogP contribution in [0, 0.1) is 5.92 Å². The molecule has 1 saturated heterocycles. The normalized spacial score (nSPS) is 23.0. The number of imide groups is 1. The number of thioether (sulfide) groups is 1. The number of fused-ring (bicyclic) bond motifs is 2. The van der Waals surface area contributed by atoms with Gasteiger partial charge in [0, 0.05) is 10.8 Å². The highest BCUT2D eigenvalue weighted by Crippen LogP contribution is 2.53. The highest BCUT2D eigenvalue weighted by Gasteiger charge is 2.56. The van der Waals surface area contributed by atoms with E-state index < -0.39 is 41.4 Å². The average molecular weight is 436 g/mol. The van der Waals surface area contributed by atoms with Crippen LogP contribution in [-0.2, 0) is 14.4 Å². The van der Waals surface area contributed by atoms with Crippen molar-refractivity contribution in [2.75, 3.05) is 20.8 Å². The molecule has 0 spiro atoms. The van der Waals surface area contributed by atoms with Crippen molar-refractivity contribution in [3.8, 4) is 11.5 Å². The lowest BCUT2D eigenvalue weighted by atomic mass is 9.83. The first kappa shape index (κ1) is 19.5. The highest BCUT2D eigenvalue weighted by atomic mass is 32.2. The maximum atomic E-state index is 13.1. The predicted octanol–water partition coefficient (Wildman–Crippen LogP) is 1.13. The Labute approximate surface area is 172 Å². The summed E-state index contributed by atoms with van der Waals surface area (Å²) in [6.07, 6.45) is 0. The number of benzene rings is 1. The molecule has 3 heterocycles. The first-order valence-electron chi connectivity index (χ1n) is 8.54. The molecule has 2 aromatic rings. The molecule has 0 radical (unpaired) electrons. The van der Waals surface area contributed by atoms with Gasteiger partial charge in [0.15, 0.2) is 11.5 Å². The number of nitrogens with zero attached hydrogens (tertiary/aromatic N) is 1. The zero-order valence-electron chi connectivity index (χ0n) is 15.3. The number of amides is 2. The van der Waals surface area contributed by atoms with Crippen molar-refractivity contribution in [1.29, 1.82) is 0 Å². The molecule has 2 amide bonds. The standard InChI is InChI=1S/C18H16N2O7S2/c1-26-8-4-3-7(5-9(8)27-2)11-12-14(28-15-13(11)29-18(25)19-15)17(24)20(16(12)23)6-10(21)22/h3-5,11-12,14H,6H2,1-2H3,(H,19,25)(H,21,22)/t11-,12?,14?/m1/s1. The van der Waals surface area contributed by atoms with Gasteiger partial charge in [0.1, 0.15) is 11.8 Å². The largest absolute Gasteiger partial charge is 0.493 e. The molecule has 2 aliphatic rings. The fourth-order valence-corrected chi connectivity index (χ4v) is 6.31. The minimum Gasteiger partial charge on any atom is -0.493 e. The molecule has 2 aliphatic heterocycles. The number of carboxylic acid groups (broad SMARTS) is 1. The Morgan fingerprint density at radius 2 is 1.90 bits per heavy atom. The van der Waals surface area contributed by atoms with Gasteiger partial charge >= 0.3 is 10.8 Å². The van der Waals surface area contributed by atoms with Crippen LogP contribution in [0.2, 0.25) is 0 Å². The number of carboxylic acids is 1. The Morgan fingerprint density at radius 1 is 1.17 bits per heavy atom. The molecule has 1 aromatic carbocycles. The monoisotopic (exact) mass is 436 g/mol. The van der Waals surface area contributed by atoms with Gasteiger partial charge < -0.3 is 19.6 Å². The predicted molar refractivity (Wildman–Crippen MR) is 104 cm³/mol. The van der Waals surface area contributed by atoms with Crippen molar-refractivity contribution in [3.63, 3.8) is 0 Å². The van der Waals surface area contributed by atoms with Crippen molar-refractivity contribution < 1.29 is 29.0 Å². The summed E-state index contributed by atoms with van der Waals surface area (Å²) in [6, 6.07) is 5.16. The third-order valence-corrected chi connectivity index (χ3v) is 7.38. The molecule has 29 heavy (non-hydrogen) atoms. The summed E-state index contributed by atoms with van der Waals surface area (Å²) in [5, 5.41) is 8.81. The molecular weight excluding hydrogens is 420 g/mol. The molecule has 0 bridgehead atoms. The summed E-state index contributed by atoms with van der Waals surface area (Å²) in [7, 11) is 2.99. The van der Waals surface area contributed by atoms with Crippen molar-refractivity contribution in [3.05, 3.63) is 38.3 Å². The second-order valence-corrected chi connectivity index (χ2v) is 8.69. The molecule has 11 heteroatoms. The molecular formula is C18H16N2O7S2. The highest BCUT2D eigenvalue weighted by molar-refractivity contribution is 8.00. The summed E-state index contributed by atoms with van der Waals surface area (Å²) in [5.74, 6) is -2.83. The maximum Gasteiger partial charge on any atom is 0.323 e. The minimum atomic E-state index is -1.26. The average Bonchev–Trinajstić information content (AvgIpc) is 3.17. The van der Waals surface area contributed by atoms with Crippen LogP contribution < -0.4 is 14.3 Å². The van der Waals surface area contributed by atoms with Gasteiger partial charge in [-0.2, -0.15) is 0 Å². The van der Waals surface area contributed by atoms with Crippen molar-refractivity contribution >= 4 is 40.9 Å². The Hall–Kier alpha value is -2.79. The summed E-state index contributed by atoms with van der Waals surface area (Å²) in [6.45, 7) is -0.686. The van der Waals surface area contributed by atoms with Gasteiger partial charge in [-0.1, -0.05) is 29.2 Å². The summed E-state index contributed by atoms with van der Waals surface area (Å²) in [4.78, 5) is 52.9. The van der Waals surface area contributed by atoms with Crippen LogP contribution in [0.4, 0.5) is 0 Å². The Bertz CT molecular complexity index is 1080. The Balaban J connectivity index is 1.86. The fourth-order valence-electron chi connectivity index (χ4n) is 3.77. The van der Waals surface area contributed by atoms with E-state index in [4.69, 9.17) is 14.6 Å². The van der Waals surface area contributed by atoms with E-state index in [1.54, 1.807) is 18.2 Å². The number of hydrogen-bond acceptors (Lipinski definition) is 8. The number of H-pyrrole nitrogens is 1. The number of nitrogens with one attached hydrogen (secondary N) is 1. The van der Waals surface area contributed by atoms with Crippen molar-refractivity contribution in [2.24, 2.45) is 5.92 Å². The number of ether oxygens (including phenoxy) is 2. The lowest BCUT2D eigenvalue weighted by Gasteiger charge is -2.30. The zero-order valence-corrected chi connectivity index (χ0v) is 17.0. The van der Waals surface area contributed by atoms with Crippen LogP contribution >= 0.6 is 23.1 Å². The van der Waals surface area contributed by atoms with Gasteiger partial charge in [0.05, 0.1) is 25.2 Å². The summed E-state index contributed by atoms with van der Waals surface area (Å²) >= 11 is 2.08. The lowest BCUT2D eigenvalue weighted by molar-refractivity contribution is -0.149. The molecule has 3 atom stereocenters. The quantitative estimate of drug-likeness (QED) is 0.668. The van der Waals surface area contributed by atoms with E-state index in [-0.39, 0.29) is 4.87 Å². The number of likely N-dealkylation sites (tertiary alicyclic amines) is 1. The molecule has 0 aliphatic carbocycles. The number of methoxy groups -OCH3 is 2. The molecule has 0 saturated carbocycles. The molecule has 1 fully saturated rings. The van der Waals surface area contributed by atoms with E-state index in [1.807, 2.05) is 0 Å². The van der Waals surface area contributed by atoms with E-state index in [0.29, 0.717) is 27.0 Å². The molecule has 9 nitrogen and oxygen atoms in total. The van der Waals surface area contributed by atoms with Crippen LogP contribution in [0.15, 0.2) is 28.0 Å². The van der Waals surface area contributed by atoms with Crippen LogP contribution in [0.3, 0.4) is 0 Å². The van der Waals surface area contributed by atoms with E-state index >= 15 is 0 Å². The van der Waals surface area contributed by atoms with Gasteiger partial charge in [0.25, 0.3) is 0 Å². The van der Waals surface area contributed by atoms with Crippen LogP contribution in [0.1, 0.15) is 16.4 Å². The van der Waals surface area contributed by atoms with Crippen LogP contribution in [0.5, 0.6) is 11.5 Å². The van der Waals surface area contributed by atoms with Crippen molar-refractivity contribution in [1.82, 2.24) is 9.88 Å². The molecule has 2 N–H and O–H groups in total. The van der Waals surface area contributed by atoms with Gasteiger partial charge in [0.2, 0.25) is 11.8 Å². The zero-order chi connectivity index (χ0) is 20.9. The van der Waals surface area contributed by atoms with Gasteiger partial charge in [-0.25, -0.2) is 0 Å². The topological polar surface area (TPSA) is 126 Å². The number of aliphatic carboxylic acids is 1. The summed E-state index contributed by atoms with van der Waals surface area (Å²) in [5.41, 5.74) is 0.674. The minimum absolute atomic E-state index is 0.282. The number of carbonyl (C=O) groups excluding carboxylic acids is 2. The van der Waals surface area contributed by atoms with Gasteiger partial charge in [-0.05, 0) is 17.7 Å². The van der Waals surface area contributed by atoms with Crippen LogP contribution in [0.25, 0.3) is 0 Å². The van der Waals surface area contributed by atoms with E-state index in [9.17, 15) is 19.2 Å². The maximum absolute atomic E-state index is 13.1. The van der Waals surface area contributed by atoms with E-state index in [1.165, 1.54) is 14.2 Å². The van der Waals surface area contributed by atoms with Gasteiger partial charge in [-0.15, -0.1) is 0 Å². The summed E-state index contributed by atoms with van der Waals surface area (Å²) < 4.78 is 10.6. The number of thiazole rings is 1. The first-order valence-corrected chi connectivity index (χ1v) is 10.2. The number of aromatic nitrogens is 1. The third kappa shape index (κ3) is 3.10. The number of carbonyl (C=O) groups is 3. The Kier molecular flexibility index (Phi) is 4.87. The number of rotatable bonds is 5. The Morgan fingerprint density at radius 3 is 2.55 bits per heavy atom. The van der Waals surface area contributed by atoms with Crippen molar-refractivity contribution in [2.45, 2.75) is 16.2 Å². The third-order valence-electron chi connectivity index (χ3n) is 4.98. The number of hydrogen-bond donors (Lipinski definition) is 2. The SMILES string of the molecule is COc1ccc([C@H]2c3sc(=O)[nH]c3SC3C(=O)N(CC(=O)O)C(=O)C32)cc1OC. The lowest BCUT2D eigenvalue weighted by Crippen LogP contribution is -2.36. The molecule has 4 rings (SSSR count). The number of aromatic amines is 1. The fraction of sp³-hybridized carbons (Fsp3) is 0.333. The van der Waals surface area contributed by atoms with Gasteiger partial charge in [-0.3, -0.25) is 24.1 Å². The first-order chi connectivity index (χ1) is 13.8. The van der Waals surface area contributed by atoms with Crippen LogP contribution in [-0.4, -0.2) is 58.8 Å². The van der Waals surface area contributed by atoms with E-state index in [0.717, 1.165) is 28.0 Å².